The second-order valence-electron chi connectivity index (χ2n) is 4.47. The van der Waals surface area contributed by atoms with Crippen molar-refractivity contribution >= 4 is 11.9 Å². The zero-order chi connectivity index (χ0) is 13.9. The van der Waals surface area contributed by atoms with E-state index in [1.165, 1.54) is 0 Å². The molecular formula is C16H12O4. The third kappa shape index (κ3) is 2.28. The second kappa shape index (κ2) is 5.17. The number of rotatable bonds is 3. The Balaban J connectivity index is 1.71. The van der Waals surface area contributed by atoms with Gasteiger partial charge in [-0.05, 0) is 11.6 Å². The molecule has 20 heavy (non-hydrogen) atoms. The fourth-order valence-corrected chi connectivity index (χ4v) is 2.13. The number of carbonyl (C=O) groups excluding carboxylic acids is 2. The number of fused-ring (bicyclic) bond motifs is 1. The van der Waals surface area contributed by atoms with E-state index >= 15 is 0 Å². The third-order valence-corrected chi connectivity index (χ3v) is 3.13. The van der Waals surface area contributed by atoms with Crippen LogP contribution in [0.5, 0.6) is 0 Å². The lowest BCUT2D eigenvalue weighted by Gasteiger charge is -2.10. The van der Waals surface area contributed by atoms with Gasteiger partial charge in [0.15, 0.2) is 0 Å². The Kier molecular flexibility index (Phi) is 3.21. The van der Waals surface area contributed by atoms with E-state index in [0.29, 0.717) is 11.1 Å². The van der Waals surface area contributed by atoms with E-state index in [1.54, 1.807) is 24.3 Å². The normalized spacial score (nSPS) is 16.4. The highest BCUT2D eigenvalue weighted by molar-refractivity contribution is 5.98. The molecule has 0 saturated heterocycles. The summed E-state index contributed by atoms with van der Waals surface area (Å²) < 4.78 is 10.3. The van der Waals surface area contributed by atoms with Crippen LogP contribution in [0, 0.1) is 0 Å². The van der Waals surface area contributed by atoms with E-state index < -0.39 is 18.0 Å². The molecule has 0 N–H and O–H groups in total. The van der Waals surface area contributed by atoms with E-state index in [2.05, 4.69) is 0 Å². The van der Waals surface area contributed by atoms with E-state index in [1.807, 2.05) is 30.3 Å². The minimum absolute atomic E-state index is 0.163. The van der Waals surface area contributed by atoms with E-state index in [0.717, 1.165) is 5.56 Å². The number of hydrogen-bond donors (Lipinski definition) is 0. The van der Waals surface area contributed by atoms with Gasteiger partial charge >= 0.3 is 11.9 Å². The van der Waals surface area contributed by atoms with Gasteiger partial charge in [-0.1, -0.05) is 48.5 Å². The van der Waals surface area contributed by atoms with Crippen LogP contribution in [0.4, 0.5) is 0 Å². The largest absolute Gasteiger partial charge is 0.458 e. The van der Waals surface area contributed by atoms with Gasteiger partial charge in [-0.2, -0.15) is 0 Å². The molecule has 0 saturated carbocycles. The molecular weight excluding hydrogens is 256 g/mol. The summed E-state index contributed by atoms with van der Waals surface area (Å²) in [5.74, 6) is -1.03. The number of esters is 2. The molecule has 3 rings (SSSR count). The van der Waals surface area contributed by atoms with Crippen molar-refractivity contribution in [1.29, 1.82) is 0 Å². The summed E-state index contributed by atoms with van der Waals surface area (Å²) in [6, 6.07) is 16.2. The lowest BCUT2D eigenvalue weighted by molar-refractivity contribution is -0.155. The molecule has 4 heteroatoms. The first-order valence-electron chi connectivity index (χ1n) is 6.26. The molecule has 1 atom stereocenters. The van der Waals surface area contributed by atoms with Gasteiger partial charge in [-0.3, -0.25) is 0 Å². The van der Waals surface area contributed by atoms with Crippen molar-refractivity contribution in [3.63, 3.8) is 0 Å². The van der Waals surface area contributed by atoms with Crippen molar-refractivity contribution in [3.8, 4) is 0 Å². The predicted octanol–water partition coefficient (Wildman–Crippen LogP) is 2.64. The molecule has 1 unspecified atom stereocenters. The van der Waals surface area contributed by atoms with Gasteiger partial charge in [0, 0.05) is 5.56 Å². The Hall–Kier alpha value is -2.62. The van der Waals surface area contributed by atoms with Gasteiger partial charge in [0.1, 0.15) is 6.61 Å². The summed E-state index contributed by atoms with van der Waals surface area (Å²) in [5, 5.41) is 0. The van der Waals surface area contributed by atoms with Crippen LogP contribution in [0.25, 0.3) is 0 Å². The van der Waals surface area contributed by atoms with Gasteiger partial charge in [-0.15, -0.1) is 0 Å². The third-order valence-electron chi connectivity index (χ3n) is 3.13. The fourth-order valence-electron chi connectivity index (χ4n) is 2.13. The Morgan fingerprint density at radius 1 is 1.05 bits per heavy atom. The van der Waals surface area contributed by atoms with Crippen molar-refractivity contribution in [2.75, 3.05) is 0 Å². The van der Waals surface area contributed by atoms with Gasteiger partial charge < -0.3 is 9.47 Å². The first-order valence-corrected chi connectivity index (χ1v) is 6.26. The molecule has 0 spiro atoms. The molecule has 4 nitrogen and oxygen atoms in total. The van der Waals surface area contributed by atoms with Gasteiger partial charge in [0.25, 0.3) is 0 Å². The summed E-state index contributed by atoms with van der Waals surface area (Å²) >= 11 is 0. The lowest BCUT2D eigenvalue weighted by Crippen LogP contribution is -2.15. The van der Waals surface area contributed by atoms with Crippen molar-refractivity contribution in [1.82, 2.24) is 0 Å². The molecule has 100 valence electrons. The van der Waals surface area contributed by atoms with E-state index in [4.69, 9.17) is 9.47 Å². The topological polar surface area (TPSA) is 52.6 Å². The molecule has 0 aliphatic carbocycles. The van der Waals surface area contributed by atoms with Crippen LogP contribution in [0.2, 0.25) is 0 Å². The van der Waals surface area contributed by atoms with Crippen molar-refractivity contribution in [3.05, 3.63) is 71.3 Å². The Morgan fingerprint density at radius 3 is 2.55 bits per heavy atom. The average Bonchev–Trinajstić information content (AvgIpc) is 2.84. The maximum Gasteiger partial charge on any atom is 0.352 e. The molecule has 1 aliphatic heterocycles. The molecule has 1 heterocycles. The highest BCUT2D eigenvalue weighted by Crippen LogP contribution is 2.31. The highest BCUT2D eigenvalue weighted by atomic mass is 16.6. The minimum atomic E-state index is -0.956. The SMILES string of the molecule is O=C1OC(C(=O)OCc2ccccc2)c2ccccc21. The molecule has 2 aromatic carbocycles. The lowest BCUT2D eigenvalue weighted by atomic mass is 10.1. The van der Waals surface area contributed by atoms with Crippen molar-refractivity contribution in [2.24, 2.45) is 0 Å². The number of carbonyl (C=O) groups is 2. The van der Waals surface area contributed by atoms with Crippen LogP contribution in [0.15, 0.2) is 54.6 Å². The van der Waals surface area contributed by atoms with Gasteiger partial charge in [0.05, 0.1) is 5.56 Å². The molecule has 0 aromatic heterocycles. The van der Waals surface area contributed by atoms with E-state index in [9.17, 15) is 9.59 Å². The van der Waals surface area contributed by atoms with Crippen molar-refractivity contribution < 1.29 is 19.1 Å². The molecule has 2 aromatic rings. The Morgan fingerprint density at radius 2 is 1.75 bits per heavy atom. The first kappa shape index (κ1) is 12.4. The monoisotopic (exact) mass is 268 g/mol. The fraction of sp³-hybridized carbons (Fsp3) is 0.125. The van der Waals surface area contributed by atoms with Crippen LogP contribution < -0.4 is 0 Å². The van der Waals surface area contributed by atoms with E-state index in [-0.39, 0.29) is 6.61 Å². The predicted molar refractivity (Wildman–Crippen MR) is 70.8 cm³/mol. The first-order chi connectivity index (χ1) is 9.75. The summed E-state index contributed by atoms with van der Waals surface area (Å²) in [7, 11) is 0. The van der Waals surface area contributed by atoms with Gasteiger partial charge in [-0.25, -0.2) is 9.59 Å². The Bertz CT molecular complexity index is 649. The Labute approximate surface area is 115 Å². The number of ether oxygens (including phenoxy) is 2. The van der Waals surface area contributed by atoms with Crippen LogP contribution >= 0.6 is 0 Å². The van der Waals surface area contributed by atoms with Crippen LogP contribution in [-0.4, -0.2) is 11.9 Å². The van der Waals surface area contributed by atoms with Gasteiger partial charge in [0.2, 0.25) is 6.10 Å². The molecule has 0 fully saturated rings. The molecule has 0 radical (unpaired) electrons. The maximum absolute atomic E-state index is 12.0. The highest BCUT2D eigenvalue weighted by Gasteiger charge is 2.36. The zero-order valence-electron chi connectivity index (χ0n) is 10.6. The smallest absolute Gasteiger partial charge is 0.352 e. The summed E-state index contributed by atoms with van der Waals surface area (Å²) in [6.45, 7) is 0.163. The number of benzene rings is 2. The summed E-state index contributed by atoms with van der Waals surface area (Å²) in [4.78, 5) is 23.7. The number of cyclic esters (lactones) is 1. The van der Waals surface area contributed by atoms with Crippen LogP contribution in [0.3, 0.4) is 0 Å². The molecule has 1 aliphatic rings. The maximum atomic E-state index is 12.0. The zero-order valence-corrected chi connectivity index (χ0v) is 10.6. The minimum Gasteiger partial charge on any atom is -0.458 e. The van der Waals surface area contributed by atoms with Crippen molar-refractivity contribution in [2.45, 2.75) is 12.7 Å². The standard InChI is InChI=1S/C16H12O4/c17-15-13-9-5-4-8-12(13)14(20-15)16(18)19-10-11-6-2-1-3-7-11/h1-9,14H,10H2. The summed E-state index contributed by atoms with van der Waals surface area (Å²) in [5.41, 5.74) is 1.88. The number of hydrogen-bond acceptors (Lipinski definition) is 4. The van der Waals surface area contributed by atoms with Crippen LogP contribution in [0.1, 0.15) is 27.6 Å². The quantitative estimate of drug-likeness (QED) is 0.803. The average molecular weight is 268 g/mol. The summed E-state index contributed by atoms with van der Waals surface area (Å²) in [6.07, 6.45) is -0.956. The van der Waals surface area contributed by atoms with Crippen LogP contribution in [-0.2, 0) is 20.9 Å². The second-order valence-corrected chi connectivity index (χ2v) is 4.47. The molecule has 0 bridgehead atoms. The molecule has 0 amide bonds.